The minimum absolute atomic E-state index is 0.715. The van der Waals surface area contributed by atoms with Crippen molar-refractivity contribution in [3.63, 3.8) is 0 Å². The molecule has 0 amide bonds. The maximum atomic E-state index is 6.53. The number of nitrogens with one attached hydrogen (secondary N) is 1. The van der Waals surface area contributed by atoms with Crippen LogP contribution in [0.4, 0.5) is 17.3 Å². The smallest absolute Gasteiger partial charge is 0.208 e. The van der Waals surface area contributed by atoms with Crippen molar-refractivity contribution in [3.8, 4) is 11.5 Å². The fraction of sp³-hybridized carbons (Fsp3) is 0.480. The number of hydrogen-bond acceptors (Lipinski definition) is 5. The van der Waals surface area contributed by atoms with Gasteiger partial charge in [-0.3, -0.25) is 0 Å². The van der Waals surface area contributed by atoms with Gasteiger partial charge in [-0.25, -0.2) is 4.98 Å². The largest absolute Gasteiger partial charge is 0.497 e. The third kappa shape index (κ3) is 4.58. The van der Waals surface area contributed by atoms with Gasteiger partial charge < -0.3 is 25.1 Å². The lowest BCUT2D eigenvalue weighted by Gasteiger charge is -2.15. The fourth-order valence-electron chi connectivity index (χ4n) is 4.14. The van der Waals surface area contributed by atoms with Crippen LogP contribution >= 0.6 is 0 Å². The second-order valence-electron chi connectivity index (χ2n) is 8.15. The Bertz CT molecular complexity index is 1060. The predicted molar refractivity (Wildman–Crippen MR) is 130 cm³/mol. The maximum absolute atomic E-state index is 6.53. The Morgan fingerprint density at radius 2 is 1.74 bits per heavy atom. The molecule has 0 bridgehead atoms. The Hall–Kier alpha value is -2.89. The van der Waals surface area contributed by atoms with Gasteiger partial charge in [-0.1, -0.05) is 26.7 Å². The zero-order chi connectivity index (χ0) is 22.5. The highest BCUT2D eigenvalue weighted by Crippen LogP contribution is 2.37. The summed E-state index contributed by atoms with van der Waals surface area (Å²) < 4.78 is 13.0. The number of imidazole rings is 1. The molecule has 0 atom stereocenters. The molecule has 1 aromatic heterocycles. The Balaban J connectivity index is 2.13. The molecule has 0 aliphatic rings. The van der Waals surface area contributed by atoms with Gasteiger partial charge in [0.25, 0.3) is 0 Å². The van der Waals surface area contributed by atoms with Crippen LogP contribution in [0.2, 0.25) is 0 Å². The number of aromatic nitrogens is 2. The van der Waals surface area contributed by atoms with Gasteiger partial charge in [0, 0.05) is 13.1 Å². The van der Waals surface area contributed by atoms with Gasteiger partial charge in [-0.05, 0) is 61.4 Å². The lowest BCUT2D eigenvalue weighted by Crippen LogP contribution is -2.04. The summed E-state index contributed by atoms with van der Waals surface area (Å²) in [6.07, 6.45) is 6.68. The van der Waals surface area contributed by atoms with Crippen LogP contribution in [0.3, 0.4) is 0 Å². The first-order valence-electron chi connectivity index (χ1n) is 11.2. The van der Waals surface area contributed by atoms with E-state index in [2.05, 4.69) is 25.2 Å². The molecule has 0 saturated heterocycles. The van der Waals surface area contributed by atoms with E-state index >= 15 is 0 Å². The number of fused-ring (bicyclic) bond motifs is 1. The first-order chi connectivity index (χ1) is 14.9. The molecule has 168 valence electrons. The topological polar surface area (TPSA) is 74.3 Å². The van der Waals surface area contributed by atoms with Crippen LogP contribution in [0.5, 0.6) is 11.5 Å². The van der Waals surface area contributed by atoms with Crippen LogP contribution in [0, 0.1) is 6.92 Å². The van der Waals surface area contributed by atoms with Gasteiger partial charge in [-0.15, -0.1) is 0 Å². The molecule has 3 rings (SSSR count). The van der Waals surface area contributed by atoms with Gasteiger partial charge in [-0.2, -0.15) is 0 Å². The summed E-state index contributed by atoms with van der Waals surface area (Å²) in [5.41, 5.74) is 13.9. The summed E-state index contributed by atoms with van der Waals surface area (Å²) >= 11 is 0. The molecule has 3 N–H and O–H groups in total. The van der Waals surface area contributed by atoms with Crippen LogP contribution in [-0.4, -0.2) is 23.8 Å². The number of ether oxygens (including phenoxy) is 2. The van der Waals surface area contributed by atoms with E-state index in [1.165, 1.54) is 11.1 Å². The molecule has 0 fully saturated rings. The fourth-order valence-corrected chi connectivity index (χ4v) is 4.14. The molecule has 0 aliphatic heterocycles. The van der Waals surface area contributed by atoms with Crippen molar-refractivity contribution < 1.29 is 9.47 Å². The van der Waals surface area contributed by atoms with Gasteiger partial charge in [0.05, 0.1) is 36.6 Å². The van der Waals surface area contributed by atoms with Gasteiger partial charge >= 0.3 is 0 Å². The van der Waals surface area contributed by atoms with Crippen molar-refractivity contribution in [2.24, 2.45) is 7.05 Å². The lowest BCUT2D eigenvalue weighted by atomic mass is 9.95. The summed E-state index contributed by atoms with van der Waals surface area (Å²) in [7, 11) is 5.33. The molecule has 6 heteroatoms. The van der Waals surface area contributed by atoms with Gasteiger partial charge in [0.1, 0.15) is 11.5 Å². The molecule has 0 spiro atoms. The highest BCUT2D eigenvalue weighted by Gasteiger charge is 2.19. The summed E-state index contributed by atoms with van der Waals surface area (Å²) in [4.78, 5) is 5.03. The minimum Gasteiger partial charge on any atom is -0.497 e. The molecule has 2 aromatic carbocycles. The van der Waals surface area contributed by atoms with E-state index in [9.17, 15) is 0 Å². The van der Waals surface area contributed by atoms with Crippen LogP contribution in [0.15, 0.2) is 18.2 Å². The van der Waals surface area contributed by atoms with Crippen molar-refractivity contribution in [1.29, 1.82) is 0 Å². The van der Waals surface area contributed by atoms with E-state index in [1.807, 2.05) is 30.7 Å². The monoisotopic (exact) mass is 424 g/mol. The highest BCUT2D eigenvalue weighted by atomic mass is 16.5. The maximum Gasteiger partial charge on any atom is 0.208 e. The molecule has 0 aliphatic carbocycles. The van der Waals surface area contributed by atoms with Crippen molar-refractivity contribution in [2.45, 2.75) is 59.3 Å². The third-order valence-corrected chi connectivity index (χ3v) is 5.92. The van der Waals surface area contributed by atoms with Crippen molar-refractivity contribution in [1.82, 2.24) is 9.55 Å². The first kappa shape index (κ1) is 22.8. The molecular weight excluding hydrogens is 388 g/mol. The molecule has 3 aromatic rings. The summed E-state index contributed by atoms with van der Waals surface area (Å²) in [5, 5.41) is 3.49. The SMILES string of the molecule is CCCCc1cc(N)c2c(nc(Nc3c(C)cc(OC)cc3OC)n2C)c1CCCC. The number of unbranched alkanes of at least 4 members (excludes halogenated alkanes) is 2. The normalized spacial score (nSPS) is 11.2. The van der Waals surface area contributed by atoms with Crippen LogP contribution in [-0.2, 0) is 19.9 Å². The zero-order valence-corrected chi connectivity index (χ0v) is 19.8. The highest BCUT2D eigenvalue weighted by molar-refractivity contribution is 5.93. The van der Waals surface area contributed by atoms with E-state index in [4.69, 9.17) is 20.2 Å². The molecule has 1 heterocycles. The number of nitrogens with zero attached hydrogens (tertiary/aromatic N) is 2. The van der Waals surface area contributed by atoms with E-state index in [0.717, 1.165) is 78.2 Å². The molecule has 0 radical (unpaired) electrons. The number of hydrogen-bond donors (Lipinski definition) is 2. The second kappa shape index (κ2) is 9.94. The van der Waals surface area contributed by atoms with E-state index < -0.39 is 0 Å². The average molecular weight is 425 g/mol. The Labute approximate surface area is 185 Å². The number of rotatable bonds is 10. The summed E-state index contributed by atoms with van der Waals surface area (Å²) in [5.74, 6) is 2.22. The second-order valence-corrected chi connectivity index (χ2v) is 8.15. The molecule has 0 unspecified atom stereocenters. The van der Waals surface area contributed by atoms with Crippen LogP contribution in [0.1, 0.15) is 56.2 Å². The van der Waals surface area contributed by atoms with Crippen LogP contribution in [0.25, 0.3) is 11.0 Å². The third-order valence-electron chi connectivity index (χ3n) is 5.92. The van der Waals surface area contributed by atoms with Crippen LogP contribution < -0.4 is 20.5 Å². The van der Waals surface area contributed by atoms with Crippen molar-refractivity contribution >= 4 is 28.4 Å². The molecular formula is C25H36N4O2. The Morgan fingerprint density at radius 3 is 2.39 bits per heavy atom. The van der Waals surface area contributed by atoms with Gasteiger partial charge in [0.15, 0.2) is 0 Å². The van der Waals surface area contributed by atoms with E-state index in [0.29, 0.717) is 5.75 Å². The number of anilines is 3. The minimum atomic E-state index is 0.715. The zero-order valence-electron chi connectivity index (χ0n) is 19.8. The quantitative estimate of drug-likeness (QED) is 0.396. The number of methoxy groups -OCH3 is 2. The number of aryl methyl sites for hydroxylation is 4. The molecule has 6 nitrogen and oxygen atoms in total. The van der Waals surface area contributed by atoms with Crippen molar-refractivity contribution in [2.75, 3.05) is 25.3 Å². The van der Waals surface area contributed by atoms with Crippen molar-refractivity contribution in [3.05, 3.63) is 34.9 Å². The summed E-state index contributed by atoms with van der Waals surface area (Å²) in [6, 6.07) is 6.02. The van der Waals surface area contributed by atoms with E-state index in [-0.39, 0.29) is 0 Å². The first-order valence-corrected chi connectivity index (χ1v) is 11.2. The standard InChI is InChI=1S/C25H36N4O2/c1-7-9-11-17-14-20(26)24-23(19(17)12-10-8-2)28-25(29(24)4)27-22-16(3)13-18(30-5)15-21(22)31-6/h13-15H,7-12,26H2,1-6H3,(H,27,28). The molecule has 0 saturated carbocycles. The Morgan fingerprint density at radius 1 is 1.03 bits per heavy atom. The lowest BCUT2D eigenvalue weighted by molar-refractivity contribution is 0.395. The van der Waals surface area contributed by atoms with E-state index in [1.54, 1.807) is 14.2 Å². The number of nitrogen functional groups attached to an aromatic ring is 1. The predicted octanol–water partition coefficient (Wildman–Crippen LogP) is 5.91. The number of nitrogens with two attached hydrogens (primary N) is 1. The Kier molecular flexibility index (Phi) is 7.31. The van der Waals surface area contributed by atoms with Gasteiger partial charge in [0.2, 0.25) is 5.95 Å². The number of benzene rings is 2. The molecule has 31 heavy (non-hydrogen) atoms. The average Bonchev–Trinajstić information content (AvgIpc) is 3.09. The summed E-state index contributed by atoms with van der Waals surface area (Å²) in [6.45, 7) is 6.48.